The quantitative estimate of drug-likeness (QED) is 0.344. The number of hydrogen-bond donors (Lipinski definition) is 0. The Labute approximate surface area is 169 Å². The van der Waals surface area contributed by atoms with Gasteiger partial charge in [-0.2, -0.15) is 0 Å². The van der Waals surface area contributed by atoms with Gasteiger partial charge < -0.3 is 9.15 Å². The molecule has 0 spiro atoms. The molecule has 0 unspecified atom stereocenters. The summed E-state index contributed by atoms with van der Waals surface area (Å²) in [5, 5.41) is 2.90. The van der Waals surface area contributed by atoms with Crippen molar-refractivity contribution in [3.63, 3.8) is 0 Å². The summed E-state index contributed by atoms with van der Waals surface area (Å²) >= 11 is 1.27. The summed E-state index contributed by atoms with van der Waals surface area (Å²) in [7, 11) is 0. The third-order valence-electron chi connectivity index (χ3n) is 4.47. The van der Waals surface area contributed by atoms with Crippen LogP contribution in [0, 0.1) is 5.82 Å². The average molecular weight is 409 g/mol. The zero-order valence-electron chi connectivity index (χ0n) is 15.5. The number of thiazole rings is 1. The van der Waals surface area contributed by atoms with E-state index in [1.54, 1.807) is 17.5 Å². The number of fused-ring (bicyclic) bond motifs is 1. The lowest BCUT2D eigenvalue weighted by atomic mass is 10.1. The summed E-state index contributed by atoms with van der Waals surface area (Å²) in [5.41, 5.74) is 2.47. The fourth-order valence-electron chi connectivity index (χ4n) is 2.92. The van der Waals surface area contributed by atoms with Crippen molar-refractivity contribution in [1.82, 2.24) is 4.98 Å². The SMILES string of the molecule is CCc1ccc2c(COC(=O)c3csc(-c4ccc(F)cc4)n3)cc(=O)oc2c1. The highest BCUT2D eigenvalue weighted by atomic mass is 32.1. The van der Waals surface area contributed by atoms with Gasteiger partial charge in [-0.05, 0) is 42.3 Å². The van der Waals surface area contributed by atoms with Gasteiger partial charge >= 0.3 is 11.6 Å². The largest absolute Gasteiger partial charge is 0.456 e. The van der Waals surface area contributed by atoms with E-state index in [0.717, 1.165) is 17.4 Å². The van der Waals surface area contributed by atoms with Crippen LogP contribution in [0.4, 0.5) is 4.39 Å². The van der Waals surface area contributed by atoms with Gasteiger partial charge in [0.25, 0.3) is 0 Å². The molecule has 0 bridgehead atoms. The monoisotopic (exact) mass is 409 g/mol. The molecule has 0 N–H and O–H groups in total. The molecule has 0 fully saturated rings. The number of ether oxygens (including phenoxy) is 1. The van der Waals surface area contributed by atoms with E-state index >= 15 is 0 Å². The molecule has 29 heavy (non-hydrogen) atoms. The minimum atomic E-state index is -0.596. The Balaban J connectivity index is 1.53. The first-order valence-electron chi connectivity index (χ1n) is 8.97. The molecular formula is C22H16FNO4S. The number of carbonyl (C=O) groups excluding carboxylic acids is 1. The van der Waals surface area contributed by atoms with Gasteiger partial charge in [0.2, 0.25) is 0 Å². The highest BCUT2D eigenvalue weighted by Crippen LogP contribution is 2.25. The maximum absolute atomic E-state index is 13.1. The van der Waals surface area contributed by atoms with Gasteiger partial charge in [-0.1, -0.05) is 19.1 Å². The van der Waals surface area contributed by atoms with Crippen LogP contribution in [-0.4, -0.2) is 11.0 Å². The number of carbonyl (C=O) groups is 1. The summed E-state index contributed by atoms with van der Waals surface area (Å²) in [6.07, 6.45) is 0.819. The molecule has 2 aromatic heterocycles. The number of esters is 1. The Kier molecular flexibility index (Phi) is 5.22. The smallest absolute Gasteiger partial charge is 0.358 e. The molecule has 0 saturated carbocycles. The van der Waals surface area contributed by atoms with Crippen LogP contribution in [0.1, 0.15) is 28.5 Å². The first kappa shape index (κ1) is 19.0. The fourth-order valence-corrected chi connectivity index (χ4v) is 3.72. The lowest BCUT2D eigenvalue weighted by Gasteiger charge is -2.07. The Hall–Kier alpha value is -3.32. The minimum Gasteiger partial charge on any atom is -0.456 e. The second-order valence-electron chi connectivity index (χ2n) is 6.40. The van der Waals surface area contributed by atoms with E-state index in [9.17, 15) is 14.0 Å². The molecule has 146 valence electrons. The number of aryl methyl sites for hydroxylation is 1. The molecule has 0 aliphatic rings. The molecule has 0 aliphatic heterocycles. The Morgan fingerprint density at radius 2 is 1.97 bits per heavy atom. The maximum Gasteiger partial charge on any atom is 0.358 e. The number of rotatable bonds is 5. The first-order chi connectivity index (χ1) is 14.0. The standard InChI is InChI=1S/C22H16FNO4S/c1-2-13-3-8-17-15(10-20(25)28-19(17)9-13)11-27-22(26)18-12-29-21(24-18)14-4-6-16(23)7-5-14/h3-10,12H,2,11H2,1H3. The number of aromatic nitrogens is 1. The second kappa shape index (κ2) is 7.97. The lowest BCUT2D eigenvalue weighted by Crippen LogP contribution is -2.08. The van der Waals surface area contributed by atoms with Crippen molar-refractivity contribution in [3.8, 4) is 10.6 Å². The maximum atomic E-state index is 13.1. The van der Waals surface area contributed by atoms with E-state index < -0.39 is 11.6 Å². The van der Waals surface area contributed by atoms with E-state index in [-0.39, 0.29) is 18.1 Å². The van der Waals surface area contributed by atoms with Crippen LogP contribution < -0.4 is 5.63 Å². The molecule has 4 aromatic rings. The van der Waals surface area contributed by atoms with Crippen molar-refractivity contribution in [2.75, 3.05) is 0 Å². The van der Waals surface area contributed by atoms with Gasteiger partial charge in [-0.25, -0.2) is 19.0 Å². The Morgan fingerprint density at radius 3 is 2.72 bits per heavy atom. The zero-order chi connectivity index (χ0) is 20.4. The van der Waals surface area contributed by atoms with E-state index in [0.29, 0.717) is 21.7 Å². The third-order valence-corrected chi connectivity index (χ3v) is 5.36. The van der Waals surface area contributed by atoms with Crippen LogP contribution in [-0.2, 0) is 17.8 Å². The Bertz CT molecular complexity index is 1240. The molecule has 0 amide bonds. The lowest BCUT2D eigenvalue weighted by molar-refractivity contribution is 0.0468. The van der Waals surface area contributed by atoms with Gasteiger partial charge in [-0.3, -0.25) is 0 Å². The molecule has 2 heterocycles. The van der Waals surface area contributed by atoms with Crippen molar-refractivity contribution >= 4 is 28.3 Å². The van der Waals surface area contributed by atoms with Gasteiger partial charge in [-0.15, -0.1) is 11.3 Å². The summed E-state index contributed by atoms with van der Waals surface area (Å²) in [5.74, 6) is -0.934. The predicted octanol–water partition coefficient (Wildman–Crippen LogP) is 4.98. The van der Waals surface area contributed by atoms with Gasteiger partial charge in [0, 0.05) is 28.0 Å². The van der Waals surface area contributed by atoms with Crippen LogP contribution in [0.2, 0.25) is 0 Å². The van der Waals surface area contributed by atoms with Crippen LogP contribution in [0.25, 0.3) is 21.5 Å². The fraction of sp³-hybridized carbons (Fsp3) is 0.136. The third kappa shape index (κ3) is 4.09. The van der Waals surface area contributed by atoms with Gasteiger partial charge in [0.05, 0.1) is 0 Å². The van der Waals surface area contributed by atoms with Gasteiger partial charge in [0.15, 0.2) is 5.69 Å². The van der Waals surface area contributed by atoms with Crippen LogP contribution >= 0.6 is 11.3 Å². The van der Waals surface area contributed by atoms with E-state index in [1.165, 1.54) is 29.5 Å². The molecule has 0 saturated heterocycles. The highest BCUT2D eigenvalue weighted by molar-refractivity contribution is 7.13. The zero-order valence-corrected chi connectivity index (χ0v) is 16.3. The Morgan fingerprint density at radius 1 is 1.17 bits per heavy atom. The predicted molar refractivity (Wildman–Crippen MR) is 108 cm³/mol. The molecule has 0 radical (unpaired) electrons. The van der Waals surface area contributed by atoms with Crippen LogP contribution in [0.5, 0.6) is 0 Å². The van der Waals surface area contributed by atoms with Crippen LogP contribution in [0.3, 0.4) is 0 Å². The summed E-state index contributed by atoms with van der Waals surface area (Å²) in [6.45, 7) is 1.94. The second-order valence-corrected chi connectivity index (χ2v) is 7.25. The normalized spacial score (nSPS) is 11.0. The van der Waals surface area contributed by atoms with Crippen molar-refractivity contribution in [2.45, 2.75) is 20.0 Å². The molecule has 7 heteroatoms. The highest BCUT2D eigenvalue weighted by Gasteiger charge is 2.15. The summed E-state index contributed by atoms with van der Waals surface area (Å²) in [4.78, 5) is 28.5. The van der Waals surface area contributed by atoms with Crippen molar-refractivity contribution in [2.24, 2.45) is 0 Å². The van der Waals surface area contributed by atoms with Crippen molar-refractivity contribution in [3.05, 3.63) is 87.0 Å². The first-order valence-corrected chi connectivity index (χ1v) is 9.85. The molecule has 5 nitrogen and oxygen atoms in total. The van der Waals surface area contributed by atoms with E-state index in [2.05, 4.69) is 4.98 Å². The van der Waals surface area contributed by atoms with E-state index in [1.807, 2.05) is 25.1 Å². The van der Waals surface area contributed by atoms with Gasteiger partial charge in [0.1, 0.15) is 23.0 Å². The number of halogens is 1. The molecule has 4 rings (SSSR count). The minimum absolute atomic E-state index is 0.0736. The number of nitrogens with zero attached hydrogens (tertiary/aromatic N) is 1. The average Bonchev–Trinajstić information content (AvgIpc) is 3.22. The molecule has 0 atom stereocenters. The van der Waals surface area contributed by atoms with Crippen LogP contribution in [0.15, 0.2) is 63.1 Å². The van der Waals surface area contributed by atoms with Crippen molar-refractivity contribution in [1.29, 1.82) is 0 Å². The summed E-state index contributed by atoms with van der Waals surface area (Å²) in [6, 6.07) is 12.8. The number of hydrogen-bond acceptors (Lipinski definition) is 6. The van der Waals surface area contributed by atoms with Crippen molar-refractivity contribution < 1.29 is 18.3 Å². The molecule has 0 aliphatic carbocycles. The number of benzene rings is 2. The summed E-state index contributed by atoms with van der Waals surface area (Å²) < 4.78 is 23.7. The topological polar surface area (TPSA) is 69.4 Å². The molecular weight excluding hydrogens is 393 g/mol. The van der Waals surface area contributed by atoms with E-state index in [4.69, 9.17) is 9.15 Å². The molecule has 2 aromatic carbocycles.